The van der Waals surface area contributed by atoms with Crippen LogP contribution in [0.25, 0.3) is 0 Å². The predicted molar refractivity (Wildman–Crippen MR) is 47.4 cm³/mol. The first-order valence-electron chi connectivity index (χ1n) is 3.88. The van der Waals surface area contributed by atoms with Gasteiger partial charge in [0.05, 0.1) is 0 Å². The van der Waals surface area contributed by atoms with Crippen LogP contribution in [-0.2, 0) is 0 Å². The predicted octanol–water partition coefficient (Wildman–Crippen LogP) is 3.22. The van der Waals surface area contributed by atoms with Crippen LogP contribution < -0.4 is 0 Å². The molecule has 0 amide bonds. The molecule has 0 aromatic carbocycles. The molecule has 0 aromatic heterocycles. The molecule has 0 aliphatic carbocycles. The van der Waals surface area contributed by atoms with Crippen molar-refractivity contribution in [1.29, 1.82) is 0 Å². The van der Waals surface area contributed by atoms with Gasteiger partial charge in [0, 0.05) is 0 Å². The van der Waals surface area contributed by atoms with Crippen molar-refractivity contribution in [3.63, 3.8) is 0 Å². The van der Waals surface area contributed by atoms with Crippen LogP contribution in [0.2, 0.25) is 15.8 Å². The van der Waals surface area contributed by atoms with Gasteiger partial charge in [-0.25, -0.2) is 0 Å². The molecule has 0 unspecified atom stereocenters. The van der Waals surface area contributed by atoms with Crippen LogP contribution >= 0.6 is 0 Å². The molecule has 0 saturated carbocycles. The summed E-state index contributed by atoms with van der Waals surface area (Å²) >= 11 is -1.40. The molecular formula is C8H18Ge. The third-order valence-electron chi connectivity index (χ3n) is 2.55. The second-order valence-electron chi connectivity index (χ2n) is 2.63. The number of hydrogen-bond acceptors (Lipinski definition) is 0. The normalized spacial score (nSPS) is 11.4. The molecule has 1 heteroatoms. The van der Waals surface area contributed by atoms with Gasteiger partial charge in [0.1, 0.15) is 0 Å². The van der Waals surface area contributed by atoms with Gasteiger partial charge < -0.3 is 0 Å². The van der Waals surface area contributed by atoms with Gasteiger partial charge in [0.25, 0.3) is 0 Å². The van der Waals surface area contributed by atoms with Gasteiger partial charge in [-0.3, -0.25) is 0 Å². The first-order chi connectivity index (χ1) is 4.24. The molecule has 0 atom stereocenters. The van der Waals surface area contributed by atoms with Gasteiger partial charge >= 0.3 is 61.3 Å². The fourth-order valence-corrected chi connectivity index (χ4v) is 6.15. The summed E-state index contributed by atoms with van der Waals surface area (Å²) in [4.78, 5) is 2.29. The molecule has 0 spiro atoms. The third-order valence-corrected chi connectivity index (χ3v) is 13.2. The summed E-state index contributed by atoms with van der Waals surface area (Å²) in [7, 11) is 0. The fraction of sp³-hybridized carbons (Fsp3) is 0.750. The molecule has 0 fully saturated rings. The molecule has 9 heavy (non-hydrogen) atoms. The van der Waals surface area contributed by atoms with Gasteiger partial charge in [-0.2, -0.15) is 0 Å². The van der Waals surface area contributed by atoms with Crippen LogP contribution in [0.5, 0.6) is 0 Å². The van der Waals surface area contributed by atoms with Gasteiger partial charge in [0.15, 0.2) is 0 Å². The van der Waals surface area contributed by atoms with E-state index in [-0.39, 0.29) is 0 Å². The Morgan fingerprint density at radius 2 is 1.44 bits per heavy atom. The Morgan fingerprint density at radius 1 is 1.11 bits per heavy atom. The zero-order valence-electron chi connectivity index (χ0n) is 6.91. The molecule has 0 rings (SSSR count). The molecule has 0 radical (unpaired) electrons. The molecule has 0 aliphatic rings. The zero-order chi connectivity index (χ0) is 7.33. The quantitative estimate of drug-likeness (QED) is 0.592. The minimum atomic E-state index is -1.40. The van der Waals surface area contributed by atoms with E-state index in [1.54, 1.807) is 0 Å². The van der Waals surface area contributed by atoms with E-state index in [1.165, 1.54) is 15.8 Å². The van der Waals surface area contributed by atoms with Crippen molar-refractivity contribution in [3.8, 4) is 0 Å². The van der Waals surface area contributed by atoms with Crippen LogP contribution in [0.15, 0.2) is 11.5 Å². The van der Waals surface area contributed by atoms with Crippen LogP contribution in [0.4, 0.5) is 0 Å². The summed E-state index contributed by atoms with van der Waals surface area (Å²) in [5, 5.41) is 4.24. The van der Waals surface area contributed by atoms with Crippen molar-refractivity contribution < 1.29 is 0 Å². The Hall–Kier alpha value is 0.283. The summed E-state index contributed by atoms with van der Waals surface area (Å²) in [6, 6.07) is 0. The Kier molecular flexibility index (Phi) is 4.29. The van der Waals surface area contributed by atoms with Gasteiger partial charge in [-0.1, -0.05) is 0 Å². The molecule has 0 N–H and O–H groups in total. The van der Waals surface area contributed by atoms with Gasteiger partial charge in [0.2, 0.25) is 0 Å². The first-order valence-corrected chi connectivity index (χ1v) is 9.54. The summed E-state index contributed by atoms with van der Waals surface area (Å²) in [5.41, 5.74) is 0. The molecule has 0 aromatic rings. The van der Waals surface area contributed by atoms with Gasteiger partial charge in [-0.05, 0) is 0 Å². The van der Waals surface area contributed by atoms with Crippen LogP contribution in [0.3, 0.4) is 0 Å². The van der Waals surface area contributed by atoms with Crippen LogP contribution in [0.1, 0.15) is 20.8 Å². The molecule has 0 heterocycles. The maximum absolute atomic E-state index is 3.93. The van der Waals surface area contributed by atoms with Crippen molar-refractivity contribution in [2.24, 2.45) is 0 Å². The standard InChI is InChI=1S/C8H18Ge/c1-5-9(6-2,7-3)8-4/h5H,1,6-8H2,2-4H3. The van der Waals surface area contributed by atoms with Crippen LogP contribution in [0, 0.1) is 0 Å². The summed E-state index contributed by atoms with van der Waals surface area (Å²) < 4.78 is 0. The first kappa shape index (κ1) is 9.28. The average Bonchev–Trinajstić information content (AvgIpc) is 1.95. The molecule has 0 saturated heterocycles. The van der Waals surface area contributed by atoms with Crippen molar-refractivity contribution in [1.82, 2.24) is 0 Å². The zero-order valence-corrected chi connectivity index (χ0v) is 9.00. The Morgan fingerprint density at radius 3 is 1.44 bits per heavy atom. The third kappa shape index (κ3) is 2.17. The second kappa shape index (κ2) is 4.15. The van der Waals surface area contributed by atoms with E-state index >= 15 is 0 Å². The maximum atomic E-state index is 3.93. The fourth-order valence-electron chi connectivity index (χ4n) is 1.18. The summed E-state index contributed by atoms with van der Waals surface area (Å²) in [6.45, 7) is 10.9. The van der Waals surface area contributed by atoms with E-state index in [0.29, 0.717) is 0 Å². The summed E-state index contributed by atoms with van der Waals surface area (Å²) in [6.07, 6.45) is 0. The van der Waals surface area contributed by atoms with E-state index in [2.05, 4.69) is 32.3 Å². The van der Waals surface area contributed by atoms with E-state index in [1.807, 2.05) is 0 Å². The minimum absolute atomic E-state index is 1.40. The van der Waals surface area contributed by atoms with Crippen molar-refractivity contribution in [2.45, 2.75) is 36.5 Å². The average molecular weight is 187 g/mol. The molecule has 54 valence electrons. The Bertz CT molecular complexity index is 74.3. The van der Waals surface area contributed by atoms with Crippen molar-refractivity contribution in [2.75, 3.05) is 0 Å². The molecule has 0 bridgehead atoms. The van der Waals surface area contributed by atoms with Crippen LogP contribution in [-0.4, -0.2) is 13.3 Å². The molecule has 0 nitrogen and oxygen atoms in total. The Labute approximate surface area is 61.7 Å². The van der Waals surface area contributed by atoms with Crippen molar-refractivity contribution >= 4 is 13.3 Å². The SMILES string of the molecule is C=[CH][Ge]([CH2]C)([CH2]C)[CH2]C. The molecular weight excluding hydrogens is 169 g/mol. The summed E-state index contributed by atoms with van der Waals surface area (Å²) in [5.74, 6) is 0. The monoisotopic (exact) mass is 188 g/mol. The Balaban J connectivity index is 3.98. The topological polar surface area (TPSA) is 0 Å². The van der Waals surface area contributed by atoms with E-state index in [0.717, 1.165) is 0 Å². The molecule has 0 aliphatic heterocycles. The van der Waals surface area contributed by atoms with Gasteiger partial charge in [-0.15, -0.1) is 0 Å². The van der Waals surface area contributed by atoms with E-state index < -0.39 is 13.3 Å². The number of rotatable bonds is 4. The van der Waals surface area contributed by atoms with Crippen molar-refractivity contribution in [3.05, 3.63) is 11.5 Å². The number of hydrogen-bond donors (Lipinski definition) is 0. The van der Waals surface area contributed by atoms with E-state index in [4.69, 9.17) is 0 Å². The van der Waals surface area contributed by atoms with E-state index in [9.17, 15) is 0 Å². The second-order valence-corrected chi connectivity index (χ2v) is 13.7.